The van der Waals surface area contributed by atoms with Gasteiger partial charge in [-0.15, -0.1) is 0 Å². The van der Waals surface area contributed by atoms with Crippen LogP contribution >= 0.6 is 23.6 Å². The summed E-state index contributed by atoms with van der Waals surface area (Å²) in [6.07, 6.45) is 16.6. The molecule has 11 heteroatoms. The van der Waals surface area contributed by atoms with E-state index in [-0.39, 0.29) is 11.6 Å². The normalized spacial score (nSPS) is 11.4. The molecule has 0 saturated carbocycles. The lowest BCUT2D eigenvalue weighted by atomic mass is 9.90. The summed E-state index contributed by atoms with van der Waals surface area (Å²) in [5, 5.41) is 16.4. The maximum atomic E-state index is 14.4. The van der Waals surface area contributed by atoms with E-state index < -0.39 is 5.91 Å². The van der Waals surface area contributed by atoms with E-state index in [1.54, 1.807) is 18.2 Å². The summed E-state index contributed by atoms with van der Waals surface area (Å²) in [6, 6.07) is 13.1. The van der Waals surface area contributed by atoms with Crippen molar-refractivity contribution in [3.63, 3.8) is 0 Å². The van der Waals surface area contributed by atoms with Crippen LogP contribution < -0.4 is 15.5 Å². The molecule has 0 atom stereocenters. The van der Waals surface area contributed by atoms with E-state index in [2.05, 4.69) is 23.6 Å². The van der Waals surface area contributed by atoms with Crippen molar-refractivity contribution in [2.45, 2.75) is 129 Å². The number of nitrogens with zero attached hydrogens (tertiary/aromatic N) is 3. The van der Waals surface area contributed by atoms with Crippen LogP contribution in [0.4, 0.5) is 22.7 Å². The average molecular weight is 791 g/mol. The summed E-state index contributed by atoms with van der Waals surface area (Å²) in [5.41, 5.74) is 6.32. The number of anilines is 3. The highest BCUT2D eigenvalue weighted by atomic mass is 35.5. The summed E-state index contributed by atoms with van der Waals surface area (Å²) in [5.74, 6) is -0.615. The van der Waals surface area contributed by atoms with Crippen LogP contribution in [0.3, 0.4) is 0 Å². The Balaban J connectivity index is 1.77. The average Bonchev–Trinajstić information content (AvgIpc) is 3.15. The Kier molecular flexibility index (Phi) is 19.8. The largest absolute Gasteiger partial charge is 0.378 e. The van der Waals surface area contributed by atoms with Crippen LogP contribution in [0.25, 0.3) is 0 Å². The van der Waals surface area contributed by atoms with Gasteiger partial charge in [-0.25, -0.2) is 9.88 Å². The number of unbranched alkanes of at least 4 members (excludes halogenated alkanes) is 12. The molecular weight excluding hydrogens is 730 g/mol. The van der Waals surface area contributed by atoms with E-state index in [0.717, 1.165) is 42.6 Å². The predicted molar refractivity (Wildman–Crippen MR) is 230 cm³/mol. The number of hydrogen-bond acceptors (Lipinski definition) is 8. The molecule has 0 radical (unpaired) electrons. The molecule has 298 valence electrons. The van der Waals surface area contributed by atoms with Gasteiger partial charge in [0.15, 0.2) is 0 Å². The standard InChI is InChI=1S/C44H60ClN5O4S/c1-9-10-11-12-13-14-15-16-17-18-19-20-21-22-40(51)47-34-23-25-37(45)39(28-34)49-44(52)42(48-38-26-24-35(50(6)7)27-30(38)2)41-31(3)36(29-46)32(4)43(33(41)5)55-54-53-8/h23-28H,9-22H2,1-8H3,(H,47,51)(H,49,52). The molecule has 0 fully saturated rings. The summed E-state index contributed by atoms with van der Waals surface area (Å²) in [6.45, 7) is 9.70. The number of nitrogens with one attached hydrogen (secondary N) is 2. The van der Waals surface area contributed by atoms with E-state index in [1.807, 2.05) is 64.9 Å². The molecule has 0 heterocycles. The van der Waals surface area contributed by atoms with E-state index in [9.17, 15) is 14.9 Å². The van der Waals surface area contributed by atoms with Gasteiger partial charge in [-0.3, -0.25) is 9.59 Å². The molecule has 0 saturated heterocycles. The zero-order valence-electron chi connectivity index (χ0n) is 34.1. The van der Waals surface area contributed by atoms with Crippen molar-refractivity contribution in [2.75, 3.05) is 36.7 Å². The van der Waals surface area contributed by atoms with Gasteiger partial charge >= 0.3 is 0 Å². The second kappa shape index (κ2) is 23.9. The van der Waals surface area contributed by atoms with Gasteiger partial charge in [0.05, 0.1) is 47.2 Å². The minimum atomic E-state index is -0.531. The molecule has 2 N–H and O–H groups in total. The highest BCUT2D eigenvalue weighted by Gasteiger charge is 2.26. The second-order valence-corrected chi connectivity index (χ2v) is 15.5. The van der Waals surface area contributed by atoms with E-state index in [4.69, 9.17) is 25.8 Å². The Morgan fingerprint density at radius 3 is 2.02 bits per heavy atom. The van der Waals surface area contributed by atoms with Gasteiger partial charge in [0.25, 0.3) is 5.91 Å². The third-order valence-electron chi connectivity index (χ3n) is 9.87. The predicted octanol–water partition coefficient (Wildman–Crippen LogP) is 12.3. The van der Waals surface area contributed by atoms with Gasteiger partial charge < -0.3 is 15.5 Å². The lowest BCUT2D eigenvalue weighted by molar-refractivity contribution is -0.160. The molecule has 0 bridgehead atoms. The summed E-state index contributed by atoms with van der Waals surface area (Å²) >= 11 is 7.59. The first kappa shape index (κ1) is 45.5. The maximum Gasteiger partial charge on any atom is 0.274 e. The second-order valence-electron chi connectivity index (χ2n) is 14.4. The number of halogens is 1. The minimum Gasteiger partial charge on any atom is -0.378 e. The number of nitriles is 1. The number of benzene rings is 3. The molecule has 0 aliphatic rings. The first-order chi connectivity index (χ1) is 26.4. The van der Waals surface area contributed by atoms with E-state index >= 15 is 0 Å². The molecule has 0 aliphatic carbocycles. The lowest BCUT2D eigenvalue weighted by Crippen LogP contribution is -2.26. The van der Waals surface area contributed by atoms with Gasteiger partial charge in [-0.1, -0.05) is 95.6 Å². The number of amides is 2. The minimum absolute atomic E-state index is 0.0835. The fourth-order valence-corrected chi connectivity index (χ4v) is 7.46. The summed E-state index contributed by atoms with van der Waals surface area (Å²) in [4.78, 5) is 39.8. The van der Waals surface area contributed by atoms with Crippen LogP contribution in [0.1, 0.15) is 130 Å². The van der Waals surface area contributed by atoms with E-state index in [1.165, 1.54) is 71.3 Å². The van der Waals surface area contributed by atoms with Crippen molar-refractivity contribution in [3.05, 3.63) is 74.8 Å². The first-order valence-electron chi connectivity index (χ1n) is 19.6. The zero-order valence-corrected chi connectivity index (χ0v) is 35.7. The van der Waals surface area contributed by atoms with Crippen molar-refractivity contribution >= 4 is 63.9 Å². The Labute approximate surface area is 338 Å². The highest BCUT2D eigenvalue weighted by molar-refractivity contribution is 7.94. The molecule has 55 heavy (non-hydrogen) atoms. The third kappa shape index (κ3) is 14.0. The molecule has 2 amide bonds. The number of carbonyl (C=O) groups is 2. The fourth-order valence-electron chi connectivity index (χ4n) is 6.70. The molecular formula is C44H60ClN5O4S. The molecule has 0 spiro atoms. The SMILES string of the molecule is CCCCCCCCCCCCCCCC(=O)Nc1ccc(Cl)c(NC(=O)C(=Nc2ccc(N(C)C)cc2C)c2c(C)c(C#N)c(C)c(SOOC)c2C)c1. The van der Waals surface area contributed by atoms with Crippen molar-refractivity contribution in [2.24, 2.45) is 4.99 Å². The molecule has 3 rings (SSSR count). The highest BCUT2D eigenvalue weighted by Crippen LogP contribution is 2.36. The van der Waals surface area contributed by atoms with Crippen LogP contribution in [0, 0.1) is 39.0 Å². The maximum absolute atomic E-state index is 14.4. The first-order valence-corrected chi connectivity index (χ1v) is 20.7. The molecule has 0 unspecified atom stereocenters. The van der Waals surface area contributed by atoms with Gasteiger partial charge in [0.1, 0.15) is 5.71 Å². The van der Waals surface area contributed by atoms with Crippen molar-refractivity contribution in [1.29, 1.82) is 5.26 Å². The molecule has 3 aromatic rings. The third-order valence-corrected chi connectivity index (χ3v) is 11.2. The number of hydrogen-bond donors (Lipinski definition) is 2. The number of carbonyl (C=O) groups excluding carboxylic acids is 2. The van der Waals surface area contributed by atoms with Crippen molar-refractivity contribution in [1.82, 2.24) is 0 Å². The van der Waals surface area contributed by atoms with Gasteiger partial charge in [-0.2, -0.15) is 9.60 Å². The van der Waals surface area contributed by atoms with E-state index in [0.29, 0.717) is 61.2 Å². The van der Waals surface area contributed by atoms with Crippen molar-refractivity contribution in [3.8, 4) is 6.07 Å². The van der Waals surface area contributed by atoms with Crippen LogP contribution in [-0.2, 0) is 18.8 Å². The zero-order chi connectivity index (χ0) is 40.3. The summed E-state index contributed by atoms with van der Waals surface area (Å²) in [7, 11) is 5.32. The Hall–Kier alpha value is -3.88. The smallest absolute Gasteiger partial charge is 0.274 e. The van der Waals surface area contributed by atoms with Crippen LogP contribution in [0.5, 0.6) is 0 Å². The van der Waals surface area contributed by atoms with Gasteiger partial charge in [-0.05, 0) is 92.8 Å². The topological polar surface area (TPSA) is 116 Å². The lowest BCUT2D eigenvalue weighted by Gasteiger charge is -2.20. The van der Waals surface area contributed by atoms with Crippen LogP contribution in [0.15, 0.2) is 46.3 Å². The Morgan fingerprint density at radius 2 is 1.45 bits per heavy atom. The fraction of sp³-hybridized carbons (Fsp3) is 0.500. The molecule has 9 nitrogen and oxygen atoms in total. The molecule has 0 aromatic heterocycles. The summed E-state index contributed by atoms with van der Waals surface area (Å²) < 4.78 is 5.22. The number of aliphatic imine (C=N–C) groups is 1. The van der Waals surface area contributed by atoms with Crippen molar-refractivity contribution < 1.29 is 18.8 Å². The molecule has 0 aliphatic heterocycles. The molecule has 3 aromatic carbocycles. The van der Waals surface area contributed by atoms with Crippen LogP contribution in [-0.4, -0.2) is 38.7 Å². The number of aryl methyl sites for hydroxylation is 1. The Morgan fingerprint density at radius 1 is 0.836 bits per heavy atom. The van der Waals surface area contributed by atoms with Gasteiger partial charge in [0, 0.05) is 42.3 Å². The quantitative estimate of drug-likeness (QED) is 0.0323. The van der Waals surface area contributed by atoms with Crippen LogP contribution in [0.2, 0.25) is 5.02 Å². The number of rotatable bonds is 23. The Bertz CT molecular complexity index is 1820. The monoisotopic (exact) mass is 789 g/mol. The van der Waals surface area contributed by atoms with Gasteiger partial charge in [0.2, 0.25) is 5.91 Å².